The maximum Gasteiger partial charge on any atom is 0.323 e. The van der Waals surface area contributed by atoms with Gasteiger partial charge >= 0.3 is 6.03 Å². The standard InChI is InChI=1S/C14H13ClN2O/c1-10-5-4-6-11(9-10)16-14(18)17-13-8-3-2-7-12(13)15/h2-9H,1H3,(H2,16,17,18). The first-order chi connectivity index (χ1) is 8.65. The number of carbonyl (C=O) groups excluding carboxylic acids is 1. The maximum absolute atomic E-state index is 11.8. The van der Waals surface area contributed by atoms with Crippen LogP contribution in [0.5, 0.6) is 0 Å². The lowest BCUT2D eigenvalue weighted by atomic mass is 10.2. The summed E-state index contributed by atoms with van der Waals surface area (Å²) in [5, 5.41) is 5.96. The van der Waals surface area contributed by atoms with Crippen molar-refractivity contribution in [3.05, 3.63) is 59.1 Å². The van der Waals surface area contributed by atoms with Gasteiger partial charge in [0, 0.05) is 5.69 Å². The molecular formula is C14H13ClN2O. The molecule has 0 bridgehead atoms. The van der Waals surface area contributed by atoms with Gasteiger partial charge in [0.15, 0.2) is 0 Å². The summed E-state index contributed by atoms with van der Waals surface area (Å²) in [5.41, 5.74) is 2.43. The summed E-state index contributed by atoms with van der Waals surface area (Å²) >= 11 is 5.95. The second-order valence-corrected chi connectivity index (χ2v) is 4.34. The van der Waals surface area contributed by atoms with Crippen molar-refractivity contribution in [2.75, 3.05) is 10.6 Å². The molecule has 0 unspecified atom stereocenters. The van der Waals surface area contributed by atoms with E-state index in [1.165, 1.54) is 0 Å². The third kappa shape index (κ3) is 3.25. The van der Waals surface area contributed by atoms with E-state index in [4.69, 9.17) is 11.6 Å². The number of rotatable bonds is 2. The van der Waals surface area contributed by atoms with Crippen molar-refractivity contribution in [1.82, 2.24) is 0 Å². The Kier molecular flexibility index (Phi) is 3.85. The Balaban J connectivity index is 2.03. The van der Waals surface area contributed by atoms with Gasteiger partial charge in [-0.2, -0.15) is 0 Å². The van der Waals surface area contributed by atoms with Crippen molar-refractivity contribution >= 4 is 29.0 Å². The molecule has 92 valence electrons. The van der Waals surface area contributed by atoms with Gasteiger partial charge < -0.3 is 10.6 Å². The quantitative estimate of drug-likeness (QED) is 0.831. The van der Waals surface area contributed by atoms with E-state index in [-0.39, 0.29) is 6.03 Å². The third-order valence-corrected chi connectivity index (χ3v) is 2.73. The van der Waals surface area contributed by atoms with Crippen LogP contribution in [-0.4, -0.2) is 6.03 Å². The van der Waals surface area contributed by atoms with E-state index in [0.29, 0.717) is 10.7 Å². The van der Waals surface area contributed by atoms with Crippen LogP contribution in [0.4, 0.5) is 16.2 Å². The van der Waals surface area contributed by atoms with E-state index in [0.717, 1.165) is 11.3 Å². The first-order valence-corrected chi connectivity index (χ1v) is 5.92. The summed E-state index contributed by atoms with van der Waals surface area (Å²) in [6, 6.07) is 14.4. The fourth-order valence-corrected chi connectivity index (χ4v) is 1.75. The molecule has 2 aromatic rings. The number of nitrogens with one attached hydrogen (secondary N) is 2. The summed E-state index contributed by atoms with van der Waals surface area (Å²) < 4.78 is 0. The number of anilines is 2. The number of halogens is 1. The van der Waals surface area contributed by atoms with Crippen molar-refractivity contribution in [2.45, 2.75) is 6.92 Å². The number of urea groups is 1. The van der Waals surface area contributed by atoms with E-state index in [1.54, 1.807) is 12.1 Å². The van der Waals surface area contributed by atoms with Crippen LogP contribution < -0.4 is 10.6 Å². The molecule has 2 rings (SSSR count). The molecule has 0 heterocycles. The van der Waals surface area contributed by atoms with Crippen LogP contribution in [0.15, 0.2) is 48.5 Å². The van der Waals surface area contributed by atoms with Crippen LogP contribution in [0.25, 0.3) is 0 Å². The first-order valence-electron chi connectivity index (χ1n) is 5.54. The molecule has 0 aromatic heterocycles. The second kappa shape index (κ2) is 5.56. The van der Waals surface area contributed by atoms with Gasteiger partial charge in [0.1, 0.15) is 0 Å². The Labute approximate surface area is 111 Å². The molecule has 0 aliphatic rings. The van der Waals surface area contributed by atoms with Crippen molar-refractivity contribution < 1.29 is 4.79 Å². The van der Waals surface area contributed by atoms with Crippen molar-refractivity contribution in [1.29, 1.82) is 0 Å². The van der Waals surface area contributed by atoms with Gasteiger partial charge in [-0.05, 0) is 36.8 Å². The minimum absolute atomic E-state index is 0.311. The molecule has 0 spiro atoms. The molecule has 2 amide bonds. The molecule has 0 aliphatic heterocycles. The van der Waals surface area contributed by atoms with E-state index in [2.05, 4.69) is 10.6 Å². The number of amides is 2. The number of hydrogen-bond donors (Lipinski definition) is 2. The number of benzene rings is 2. The molecule has 0 aliphatic carbocycles. The Morgan fingerprint density at radius 1 is 1.06 bits per heavy atom. The van der Waals surface area contributed by atoms with Gasteiger partial charge in [0.2, 0.25) is 0 Å². The second-order valence-electron chi connectivity index (χ2n) is 3.93. The summed E-state index contributed by atoms with van der Waals surface area (Å²) in [7, 11) is 0. The molecule has 18 heavy (non-hydrogen) atoms. The fourth-order valence-electron chi connectivity index (χ4n) is 1.57. The maximum atomic E-state index is 11.8. The lowest BCUT2D eigenvalue weighted by Crippen LogP contribution is -2.19. The highest BCUT2D eigenvalue weighted by Gasteiger charge is 2.05. The SMILES string of the molecule is Cc1cccc(NC(=O)Nc2ccccc2Cl)c1. The van der Waals surface area contributed by atoms with Crippen LogP contribution in [0.2, 0.25) is 5.02 Å². The summed E-state index contributed by atoms with van der Waals surface area (Å²) in [5.74, 6) is 0. The van der Waals surface area contributed by atoms with E-state index >= 15 is 0 Å². The number of carbonyl (C=O) groups is 1. The van der Waals surface area contributed by atoms with E-state index in [9.17, 15) is 4.79 Å². The summed E-state index contributed by atoms with van der Waals surface area (Å²) in [6.45, 7) is 1.97. The minimum Gasteiger partial charge on any atom is -0.308 e. The topological polar surface area (TPSA) is 41.1 Å². The smallest absolute Gasteiger partial charge is 0.308 e. The predicted molar refractivity (Wildman–Crippen MR) is 75.3 cm³/mol. The Bertz CT molecular complexity index is 569. The average Bonchev–Trinajstić information content (AvgIpc) is 2.32. The van der Waals surface area contributed by atoms with E-state index in [1.807, 2.05) is 43.3 Å². The summed E-state index contributed by atoms with van der Waals surface area (Å²) in [6.07, 6.45) is 0. The Hall–Kier alpha value is -2.00. The molecule has 0 radical (unpaired) electrons. The molecule has 0 saturated heterocycles. The van der Waals surface area contributed by atoms with Gasteiger partial charge in [-0.15, -0.1) is 0 Å². The largest absolute Gasteiger partial charge is 0.323 e. The number of para-hydroxylation sites is 1. The van der Waals surface area contributed by atoms with Crippen molar-refractivity contribution in [3.63, 3.8) is 0 Å². The number of hydrogen-bond acceptors (Lipinski definition) is 1. The van der Waals surface area contributed by atoms with Crippen molar-refractivity contribution in [3.8, 4) is 0 Å². The van der Waals surface area contributed by atoms with Crippen LogP contribution in [0.1, 0.15) is 5.56 Å². The normalized spacial score (nSPS) is 9.89. The zero-order valence-corrected chi connectivity index (χ0v) is 10.7. The van der Waals surface area contributed by atoms with Crippen molar-refractivity contribution in [2.24, 2.45) is 0 Å². The molecule has 0 fully saturated rings. The zero-order valence-electron chi connectivity index (χ0n) is 9.91. The Morgan fingerprint density at radius 3 is 2.56 bits per heavy atom. The molecule has 4 heteroatoms. The van der Waals surface area contributed by atoms with Gasteiger partial charge in [-0.3, -0.25) is 0 Å². The zero-order chi connectivity index (χ0) is 13.0. The molecule has 3 nitrogen and oxygen atoms in total. The average molecular weight is 261 g/mol. The fraction of sp³-hybridized carbons (Fsp3) is 0.0714. The van der Waals surface area contributed by atoms with Crippen LogP contribution in [0, 0.1) is 6.92 Å². The monoisotopic (exact) mass is 260 g/mol. The summed E-state index contributed by atoms with van der Waals surface area (Å²) in [4.78, 5) is 11.8. The van der Waals surface area contributed by atoms with Gasteiger partial charge in [0.05, 0.1) is 10.7 Å². The van der Waals surface area contributed by atoms with Crippen LogP contribution in [0.3, 0.4) is 0 Å². The van der Waals surface area contributed by atoms with Gasteiger partial charge in [0.25, 0.3) is 0 Å². The Morgan fingerprint density at radius 2 is 1.83 bits per heavy atom. The van der Waals surface area contributed by atoms with Crippen LogP contribution >= 0.6 is 11.6 Å². The van der Waals surface area contributed by atoms with E-state index < -0.39 is 0 Å². The third-order valence-electron chi connectivity index (χ3n) is 2.40. The highest BCUT2D eigenvalue weighted by atomic mass is 35.5. The molecule has 2 N–H and O–H groups in total. The highest BCUT2D eigenvalue weighted by Crippen LogP contribution is 2.20. The van der Waals surface area contributed by atoms with Crippen LogP contribution in [-0.2, 0) is 0 Å². The lowest BCUT2D eigenvalue weighted by molar-refractivity contribution is 0.262. The highest BCUT2D eigenvalue weighted by molar-refractivity contribution is 6.33. The first kappa shape index (κ1) is 12.5. The molecular weight excluding hydrogens is 248 g/mol. The number of aryl methyl sites for hydroxylation is 1. The lowest BCUT2D eigenvalue weighted by Gasteiger charge is -2.09. The molecule has 0 atom stereocenters. The molecule has 0 saturated carbocycles. The van der Waals surface area contributed by atoms with Gasteiger partial charge in [-0.25, -0.2) is 4.79 Å². The van der Waals surface area contributed by atoms with Gasteiger partial charge in [-0.1, -0.05) is 35.9 Å². The molecule has 2 aromatic carbocycles. The minimum atomic E-state index is -0.311. The predicted octanol–water partition coefficient (Wildman–Crippen LogP) is 4.29.